The average molecular weight is 416 g/mol. The van der Waals surface area contributed by atoms with Crippen molar-refractivity contribution in [3.63, 3.8) is 0 Å². The highest BCUT2D eigenvalue weighted by Gasteiger charge is 2.23. The van der Waals surface area contributed by atoms with Gasteiger partial charge in [-0.3, -0.25) is 9.59 Å². The fourth-order valence-corrected chi connectivity index (χ4v) is 4.39. The Bertz CT molecular complexity index is 875. The lowest BCUT2D eigenvalue weighted by Crippen LogP contribution is -2.37. The van der Waals surface area contributed by atoms with Crippen LogP contribution in [0.2, 0.25) is 0 Å². The van der Waals surface area contributed by atoms with Crippen LogP contribution in [0.5, 0.6) is 0 Å². The largest absolute Gasteiger partial charge is 0.354 e. The Labute approximate surface area is 175 Å². The fourth-order valence-electron chi connectivity index (χ4n) is 3.40. The summed E-state index contributed by atoms with van der Waals surface area (Å²) in [6, 6.07) is 14.1. The third-order valence-corrected chi connectivity index (χ3v) is 5.99. The zero-order chi connectivity index (χ0) is 20.8. The van der Waals surface area contributed by atoms with E-state index in [0.717, 1.165) is 21.9 Å². The number of nitrogens with one attached hydrogen (secondary N) is 1. The van der Waals surface area contributed by atoms with Gasteiger partial charge in [0, 0.05) is 36.6 Å². The molecule has 1 aliphatic heterocycles. The van der Waals surface area contributed by atoms with Crippen LogP contribution in [0.4, 0.5) is 10.1 Å². The van der Waals surface area contributed by atoms with Crippen molar-refractivity contribution in [2.24, 2.45) is 0 Å². The second kappa shape index (κ2) is 9.89. The molecule has 2 aromatic carbocycles. The van der Waals surface area contributed by atoms with Crippen molar-refractivity contribution in [3.05, 3.63) is 59.9 Å². The van der Waals surface area contributed by atoms with Crippen molar-refractivity contribution in [2.75, 3.05) is 37.8 Å². The highest BCUT2D eigenvalue weighted by molar-refractivity contribution is 7.99. The Kier molecular flexibility index (Phi) is 7.28. The number of rotatable bonds is 7. The third kappa shape index (κ3) is 5.58. The number of nitrogens with zero attached hydrogens (tertiary/aromatic N) is 2. The molecule has 0 spiro atoms. The minimum Gasteiger partial charge on any atom is -0.354 e. The average Bonchev–Trinajstić information content (AvgIpc) is 2.71. The molecule has 0 saturated heterocycles. The number of amides is 2. The topological polar surface area (TPSA) is 52.7 Å². The Morgan fingerprint density at radius 2 is 1.97 bits per heavy atom. The number of benzene rings is 2. The molecule has 0 fully saturated rings. The Balaban J connectivity index is 1.53. The van der Waals surface area contributed by atoms with E-state index < -0.39 is 0 Å². The minimum absolute atomic E-state index is 0.0396. The predicted molar refractivity (Wildman–Crippen MR) is 115 cm³/mol. The van der Waals surface area contributed by atoms with Crippen molar-refractivity contribution < 1.29 is 14.0 Å². The molecule has 2 aromatic rings. The fraction of sp³-hybridized carbons (Fsp3) is 0.364. The predicted octanol–water partition coefficient (Wildman–Crippen LogP) is 3.46. The number of anilines is 1. The molecule has 1 aliphatic rings. The van der Waals surface area contributed by atoms with Crippen LogP contribution in [0.15, 0.2) is 53.4 Å². The molecule has 0 radical (unpaired) electrons. The van der Waals surface area contributed by atoms with Crippen LogP contribution >= 0.6 is 11.8 Å². The maximum Gasteiger partial charge on any atom is 0.227 e. The quantitative estimate of drug-likeness (QED) is 0.753. The number of carbonyl (C=O) groups excluding carboxylic acids is 2. The second-order valence-electron chi connectivity index (χ2n) is 7.20. The highest BCUT2D eigenvalue weighted by atomic mass is 32.2. The summed E-state index contributed by atoms with van der Waals surface area (Å²) in [6.07, 6.45) is 0.297. The van der Waals surface area contributed by atoms with Gasteiger partial charge in [0.1, 0.15) is 5.82 Å². The summed E-state index contributed by atoms with van der Waals surface area (Å²) < 4.78 is 13.5. The summed E-state index contributed by atoms with van der Waals surface area (Å²) in [6.45, 7) is 1.01. The van der Waals surface area contributed by atoms with Gasteiger partial charge in [0.05, 0.1) is 11.7 Å². The monoisotopic (exact) mass is 415 g/mol. The van der Waals surface area contributed by atoms with Gasteiger partial charge in [-0.25, -0.2) is 4.39 Å². The molecule has 1 N–H and O–H groups in total. The van der Waals surface area contributed by atoms with Crippen molar-refractivity contribution >= 4 is 29.3 Å². The number of hydrogen-bond donors (Lipinski definition) is 1. The first-order valence-electron chi connectivity index (χ1n) is 9.66. The number of halogens is 1. The van der Waals surface area contributed by atoms with E-state index in [4.69, 9.17) is 0 Å². The summed E-state index contributed by atoms with van der Waals surface area (Å²) in [7, 11) is 3.77. The van der Waals surface area contributed by atoms with E-state index in [1.165, 1.54) is 12.1 Å². The van der Waals surface area contributed by atoms with E-state index in [2.05, 4.69) is 5.32 Å². The summed E-state index contributed by atoms with van der Waals surface area (Å²) in [5, 5.41) is 2.88. The van der Waals surface area contributed by atoms with Crippen LogP contribution in [0, 0.1) is 5.82 Å². The summed E-state index contributed by atoms with van der Waals surface area (Å²) in [4.78, 5) is 29.8. The van der Waals surface area contributed by atoms with E-state index in [-0.39, 0.29) is 36.5 Å². The van der Waals surface area contributed by atoms with E-state index in [1.54, 1.807) is 22.7 Å². The molecular weight excluding hydrogens is 389 g/mol. The molecule has 0 aliphatic carbocycles. The standard InChI is InChI=1S/C22H26FN3O2S/c1-25(2)19(16-6-5-7-17(23)14-16)15-24-21(27)10-11-22(28)26-12-13-29-20-9-4-3-8-18(20)26/h3-9,14,19H,10-13,15H2,1-2H3,(H,24,27). The molecule has 0 bridgehead atoms. The van der Waals surface area contributed by atoms with Gasteiger partial charge < -0.3 is 15.1 Å². The first kappa shape index (κ1) is 21.3. The zero-order valence-electron chi connectivity index (χ0n) is 16.7. The van der Waals surface area contributed by atoms with E-state index >= 15 is 0 Å². The summed E-state index contributed by atoms with van der Waals surface area (Å²) in [5.41, 5.74) is 1.72. The van der Waals surface area contributed by atoms with Gasteiger partial charge in [-0.15, -0.1) is 11.8 Å². The molecule has 0 saturated carbocycles. The maximum absolute atomic E-state index is 13.5. The molecule has 7 heteroatoms. The number of hydrogen-bond acceptors (Lipinski definition) is 4. The van der Waals surface area contributed by atoms with Crippen molar-refractivity contribution in [2.45, 2.75) is 23.8 Å². The van der Waals surface area contributed by atoms with Crippen LogP contribution in [0.25, 0.3) is 0 Å². The van der Waals surface area contributed by atoms with Gasteiger partial charge in [0.25, 0.3) is 0 Å². The van der Waals surface area contributed by atoms with Gasteiger partial charge in [-0.2, -0.15) is 0 Å². The van der Waals surface area contributed by atoms with Crippen LogP contribution in [0.1, 0.15) is 24.4 Å². The molecule has 5 nitrogen and oxygen atoms in total. The lowest BCUT2D eigenvalue weighted by molar-refractivity contribution is -0.125. The van der Waals surface area contributed by atoms with Crippen LogP contribution in [-0.2, 0) is 9.59 Å². The molecule has 1 unspecified atom stereocenters. The van der Waals surface area contributed by atoms with Gasteiger partial charge >= 0.3 is 0 Å². The van der Waals surface area contributed by atoms with Gasteiger partial charge in [-0.05, 0) is 43.9 Å². The number of fused-ring (bicyclic) bond motifs is 1. The van der Waals surface area contributed by atoms with Gasteiger partial charge in [0.15, 0.2) is 0 Å². The first-order chi connectivity index (χ1) is 14.0. The smallest absolute Gasteiger partial charge is 0.227 e. The van der Waals surface area contributed by atoms with E-state index in [0.29, 0.717) is 13.1 Å². The van der Waals surface area contributed by atoms with Gasteiger partial charge in [0.2, 0.25) is 11.8 Å². The molecule has 1 atom stereocenters. The van der Waals surface area contributed by atoms with Crippen molar-refractivity contribution in [1.82, 2.24) is 10.2 Å². The lowest BCUT2D eigenvalue weighted by Gasteiger charge is -2.29. The summed E-state index contributed by atoms with van der Waals surface area (Å²) in [5.74, 6) is 0.335. The minimum atomic E-state index is -0.300. The molecule has 29 heavy (non-hydrogen) atoms. The van der Waals surface area contributed by atoms with Crippen LogP contribution in [-0.4, -0.2) is 49.7 Å². The molecule has 1 heterocycles. The van der Waals surface area contributed by atoms with Gasteiger partial charge in [-0.1, -0.05) is 24.3 Å². The van der Waals surface area contributed by atoms with E-state index in [1.807, 2.05) is 49.3 Å². The highest BCUT2D eigenvalue weighted by Crippen LogP contribution is 2.34. The third-order valence-electron chi connectivity index (χ3n) is 4.94. The SMILES string of the molecule is CN(C)C(CNC(=O)CCC(=O)N1CCSc2ccccc21)c1cccc(F)c1. The second-order valence-corrected chi connectivity index (χ2v) is 8.34. The number of carbonyl (C=O) groups is 2. The van der Waals surface area contributed by atoms with Crippen molar-refractivity contribution in [3.8, 4) is 0 Å². The number of thioether (sulfide) groups is 1. The van der Waals surface area contributed by atoms with Crippen LogP contribution in [0.3, 0.4) is 0 Å². The Morgan fingerprint density at radius 3 is 2.72 bits per heavy atom. The first-order valence-corrected chi connectivity index (χ1v) is 10.6. The molecular formula is C22H26FN3O2S. The van der Waals surface area contributed by atoms with Crippen LogP contribution < -0.4 is 10.2 Å². The number of para-hydroxylation sites is 1. The van der Waals surface area contributed by atoms with E-state index in [9.17, 15) is 14.0 Å². The molecule has 154 valence electrons. The molecule has 0 aromatic heterocycles. The Morgan fingerprint density at radius 1 is 1.17 bits per heavy atom. The zero-order valence-corrected chi connectivity index (χ0v) is 17.5. The maximum atomic E-state index is 13.5. The molecule has 3 rings (SSSR count). The summed E-state index contributed by atoms with van der Waals surface area (Å²) >= 11 is 1.74. The normalized spacial score (nSPS) is 14.4. The lowest BCUT2D eigenvalue weighted by atomic mass is 10.1. The van der Waals surface area contributed by atoms with Crippen molar-refractivity contribution in [1.29, 1.82) is 0 Å². The number of likely N-dealkylation sites (N-methyl/N-ethyl adjacent to an activating group) is 1. The molecule has 2 amide bonds. The Hall–Kier alpha value is -2.38.